The van der Waals surface area contributed by atoms with Crippen LogP contribution in [0.25, 0.3) is 9.88 Å². The molecule has 0 aliphatic heterocycles. The molecule has 0 radical (unpaired) electrons. The van der Waals surface area contributed by atoms with E-state index in [4.69, 9.17) is 5.11 Å². The summed E-state index contributed by atoms with van der Waals surface area (Å²) in [6.45, 7) is 1.76. The van der Waals surface area contributed by atoms with Crippen molar-refractivity contribution in [3.63, 3.8) is 0 Å². The Bertz CT molecular complexity index is 638. The molecule has 0 bridgehead atoms. The second-order valence-electron chi connectivity index (χ2n) is 3.85. The van der Waals surface area contributed by atoms with Gasteiger partial charge in [-0.25, -0.2) is 4.98 Å². The van der Waals surface area contributed by atoms with Gasteiger partial charge < -0.3 is 10.0 Å². The molecule has 0 aliphatic rings. The number of rotatable bonds is 5. The SMILES string of the molecule is CCN(CC(=O)O)C(=O)c1csc(-c2ccc(Br)s2)n1. The summed E-state index contributed by atoms with van der Waals surface area (Å²) in [7, 11) is 0. The third kappa shape index (κ3) is 3.44. The molecule has 0 saturated carbocycles. The van der Waals surface area contributed by atoms with E-state index in [0.717, 1.165) is 13.7 Å². The minimum Gasteiger partial charge on any atom is -0.480 e. The van der Waals surface area contributed by atoms with Gasteiger partial charge in [0.05, 0.1) is 8.66 Å². The zero-order chi connectivity index (χ0) is 14.7. The minimum absolute atomic E-state index is 0.289. The maximum atomic E-state index is 12.2. The molecule has 1 N–H and O–H groups in total. The lowest BCUT2D eigenvalue weighted by Gasteiger charge is -2.16. The normalized spacial score (nSPS) is 10.5. The summed E-state index contributed by atoms with van der Waals surface area (Å²) < 4.78 is 0.997. The molecule has 2 aromatic heterocycles. The first kappa shape index (κ1) is 15.1. The number of amides is 1. The third-order valence-electron chi connectivity index (χ3n) is 2.50. The highest BCUT2D eigenvalue weighted by Crippen LogP contribution is 2.33. The van der Waals surface area contributed by atoms with Gasteiger partial charge in [-0.2, -0.15) is 0 Å². The van der Waals surface area contributed by atoms with E-state index in [1.165, 1.54) is 27.6 Å². The Morgan fingerprint density at radius 1 is 1.45 bits per heavy atom. The minimum atomic E-state index is -1.03. The van der Waals surface area contributed by atoms with Gasteiger partial charge in [-0.05, 0) is 35.0 Å². The van der Waals surface area contributed by atoms with E-state index in [1.807, 2.05) is 12.1 Å². The lowest BCUT2D eigenvalue weighted by molar-refractivity contribution is -0.137. The number of nitrogens with zero attached hydrogens (tertiary/aromatic N) is 2. The van der Waals surface area contributed by atoms with E-state index in [9.17, 15) is 9.59 Å². The molecule has 0 spiro atoms. The maximum Gasteiger partial charge on any atom is 0.323 e. The van der Waals surface area contributed by atoms with E-state index >= 15 is 0 Å². The van der Waals surface area contributed by atoms with Crippen LogP contribution in [0.3, 0.4) is 0 Å². The van der Waals surface area contributed by atoms with Crippen molar-refractivity contribution >= 4 is 50.5 Å². The number of halogens is 1. The Balaban J connectivity index is 2.19. The average Bonchev–Trinajstić information content (AvgIpc) is 3.03. The van der Waals surface area contributed by atoms with Gasteiger partial charge in [0.1, 0.15) is 17.2 Å². The highest BCUT2D eigenvalue weighted by Gasteiger charge is 2.20. The maximum absolute atomic E-state index is 12.2. The van der Waals surface area contributed by atoms with Gasteiger partial charge in [0.25, 0.3) is 5.91 Å². The molecule has 2 aromatic rings. The Labute approximate surface area is 132 Å². The summed E-state index contributed by atoms with van der Waals surface area (Å²) in [5.41, 5.74) is 0.289. The monoisotopic (exact) mass is 374 g/mol. The predicted molar refractivity (Wildman–Crippen MR) is 82.3 cm³/mol. The lowest BCUT2D eigenvalue weighted by Crippen LogP contribution is -2.35. The lowest BCUT2D eigenvalue weighted by atomic mass is 10.3. The number of carbonyl (C=O) groups excluding carboxylic acids is 1. The molecule has 1 amide bonds. The summed E-state index contributed by atoms with van der Waals surface area (Å²) in [4.78, 5) is 29.4. The first-order chi connectivity index (χ1) is 9.51. The molecule has 2 rings (SSSR count). The fraction of sp³-hybridized carbons (Fsp3) is 0.250. The summed E-state index contributed by atoms with van der Waals surface area (Å²) in [5.74, 6) is -1.38. The van der Waals surface area contributed by atoms with Crippen molar-refractivity contribution in [3.05, 3.63) is 27.0 Å². The average molecular weight is 375 g/mol. The van der Waals surface area contributed by atoms with Gasteiger partial charge in [0, 0.05) is 11.9 Å². The molecular weight excluding hydrogens is 364 g/mol. The van der Waals surface area contributed by atoms with Crippen LogP contribution in [-0.2, 0) is 4.79 Å². The zero-order valence-electron chi connectivity index (χ0n) is 10.5. The highest BCUT2D eigenvalue weighted by atomic mass is 79.9. The van der Waals surface area contributed by atoms with Crippen LogP contribution in [0, 0.1) is 0 Å². The van der Waals surface area contributed by atoms with E-state index in [2.05, 4.69) is 20.9 Å². The zero-order valence-corrected chi connectivity index (χ0v) is 13.7. The van der Waals surface area contributed by atoms with Crippen molar-refractivity contribution in [1.29, 1.82) is 0 Å². The molecule has 20 heavy (non-hydrogen) atoms. The summed E-state index contributed by atoms with van der Waals surface area (Å²) in [5, 5.41) is 11.2. The topological polar surface area (TPSA) is 70.5 Å². The van der Waals surface area contributed by atoms with Gasteiger partial charge in [-0.1, -0.05) is 0 Å². The Morgan fingerprint density at radius 3 is 2.75 bits per heavy atom. The van der Waals surface area contributed by atoms with Crippen molar-refractivity contribution in [2.24, 2.45) is 0 Å². The third-order valence-corrected chi connectivity index (χ3v) is 5.14. The summed E-state index contributed by atoms with van der Waals surface area (Å²) in [6, 6.07) is 3.85. The van der Waals surface area contributed by atoms with Gasteiger partial charge >= 0.3 is 5.97 Å². The molecule has 8 heteroatoms. The first-order valence-corrected chi connectivity index (χ1v) is 8.22. The number of hydrogen-bond donors (Lipinski definition) is 1. The molecule has 0 unspecified atom stereocenters. The molecule has 0 aliphatic carbocycles. The quantitative estimate of drug-likeness (QED) is 0.872. The van der Waals surface area contributed by atoms with Crippen molar-refractivity contribution in [3.8, 4) is 9.88 Å². The Morgan fingerprint density at radius 2 is 2.20 bits per heavy atom. The van der Waals surface area contributed by atoms with E-state index in [-0.39, 0.29) is 18.1 Å². The standard InChI is InChI=1S/C12H11BrN2O3S2/c1-2-15(5-10(16)17)12(18)7-6-19-11(14-7)8-3-4-9(13)20-8/h3-4,6H,2,5H2,1H3,(H,16,17). The Hall–Kier alpha value is -1.25. The van der Waals surface area contributed by atoms with Crippen LogP contribution >= 0.6 is 38.6 Å². The van der Waals surface area contributed by atoms with Crippen molar-refractivity contribution in [1.82, 2.24) is 9.88 Å². The Kier molecular flexibility index (Phi) is 4.90. The fourth-order valence-corrected chi connectivity index (χ4v) is 3.82. The van der Waals surface area contributed by atoms with Crippen molar-refractivity contribution in [2.75, 3.05) is 13.1 Å². The number of carbonyl (C=O) groups is 2. The molecular formula is C12H11BrN2O3S2. The van der Waals surface area contributed by atoms with Crippen LogP contribution < -0.4 is 0 Å². The number of thiazole rings is 1. The van der Waals surface area contributed by atoms with Crippen molar-refractivity contribution < 1.29 is 14.7 Å². The van der Waals surface area contributed by atoms with Crippen LogP contribution in [-0.4, -0.2) is 40.0 Å². The smallest absolute Gasteiger partial charge is 0.323 e. The fourth-order valence-electron chi connectivity index (χ4n) is 1.57. The predicted octanol–water partition coefficient (Wildman–Crippen LogP) is 3.18. The largest absolute Gasteiger partial charge is 0.480 e. The van der Waals surface area contributed by atoms with Crippen LogP contribution in [0.2, 0.25) is 0 Å². The molecule has 106 valence electrons. The number of carboxylic acid groups (broad SMARTS) is 1. The number of aromatic nitrogens is 1. The van der Waals surface area contributed by atoms with E-state index in [1.54, 1.807) is 12.3 Å². The number of aliphatic carboxylic acids is 1. The molecule has 0 saturated heterocycles. The number of thiophene rings is 1. The first-order valence-electron chi connectivity index (χ1n) is 5.73. The molecule has 2 heterocycles. The van der Waals surface area contributed by atoms with Crippen LogP contribution in [0.1, 0.15) is 17.4 Å². The molecule has 0 atom stereocenters. The van der Waals surface area contributed by atoms with Crippen molar-refractivity contribution in [2.45, 2.75) is 6.92 Å². The van der Waals surface area contributed by atoms with Crippen LogP contribution in [0.15, 0.2) is 21.3 Å². The summed E-state index contributed by atoms with van der Waals surface area (Å²) >= 11 is 6.29. The number of hydrogen-bond acceptors (Lipinski definition) is 5. The van der Waals surface area contributed by atoms with Crippen LogP contribution in [0.5, 0.6) is 0 Å². The number of likely N-dealkylation sites (N-methyl/N-ethyl adjacent to an activating group) is 1. The van der Waals surface area contributed by atoms with E-state index < -0.39 is 5.97 Å². The van der Waals surface area contributed by atoms with Gasteiger partial charge in [0.2, 0.25) is 0 Å². The molecule has 5 nitrogen and oxygen atoms in total. The van der Waals surface area contributed by atoms with Gasteiger partial charge in [-0.15, -0.1) is 22.7 Å². The highest BCUT2D eigenvalue weighted by molar-refractivity contribution is 9.11. The molecule has 0 fully saturated rings. The van der Waals surface area contributed by atoms with Crippen LogP contribution in [0.4, 0.5) is 0 Å². The van der Waals surface area contributed by atoms with E-state index in [0.29, 0.717) is 6.54 Å². The second-order valence-corrected chi connectivity index (χ2v) is 7.18. The number of carboxylic acids is 1. The van der Waals surface area contributed by atoms with Gasteiger partial charge in [-0.3, -0.25) is 9.59 Å². The molecule has 0 aromatic carbocycles. The second kappa shape index (κ2) is 6.47. The van der Waals surface area contributed by atoms with Gasteiger partial charge in [0.15, 0.2) is 0 Å². The summed E-state index contributed by atoms with van der Waals surface area (Å²) in [6.07, 6.45) is 0.